The minimum atomic E-state index is -2.66. The van der Waals surface area contributed by atoms with Gasteiger partial charge in [0, 0.05) is 10.9 Å². The van der Waals surface area contributed by atoms with Crippen LogP contribution in [0.3, 0.4) is 0 Å². The molecule has 0 unspecified atom stereocenters. The lowest BCUT2D eigenvalue weighted by Gasteiger charge is -2.08. The third kappa shape index (κ3) is 2.30. The number of hydrogen-bond donors (Lipinski definition) is 0. The van der Waals surface area contributed by atoms with E-state index in [1.54, 1.807) is 31.2 Å². The quantitative estimate of drug-likeness (QED) is 0.785. The standard InChI is InChI=1S/C13H11F2NO2/c1-2-18-13(17)11-7-9(12(14)15)8-5-3-4-6-10(8)16-11/h3-7,12H,2H2,1H3. The minimum Gasteiger partial charge on any atom is -0.461 e. The fourth-order valence-electron chi connectivity index (χ4n) is 1.69. The molecule has 0 N–H and O–H groups in total. The Morgan fingerprint density at radius 1 is 1.39 bits per heavy atom. The highest BCUT2D eigenvalue weighted by Crippen LogP contribution is 2.27. The molecule has 5 heteroatoms. The summed E-state index contributed by atoms with van der Waals surface area (Å²) in [6, 6.07) is 7.56. The predicted molar refractivity (Wildman–Crippen MR) is 62.7 cm³/mol. The molecule has 0 amide bonds. The monoisotopic (exact) mass is 251 g/mol. The molecule has 1 aromatic heterocycles. The van der Waals surface area contributed by atoms with Crippen LogP contribution in [0.25, 0.3) is 10.9 Å². The number of hydrogen-bond acceptors (Lipinski definition) is 3. The van der Waals surface area contributed by atoms with E-state index in [0.717, 1.165) is 6.07 Å². The third-order valence-corrected chi connectivity index (χ3v) is 2.47. The lowest BCUT2D eigenvalue weighted by atomic mass is 10.1. The molecule has 0 saturated heterocycles. The van der Waals surface area contributed by atoms with Gasteiger partial charge in [-0.1, -0.05) is 18.2 Å². The van der Waals surface area contributed by atoms with E-state index in [-0.39, 0.29) is 17.9 Å². The van der Waals surface area contributed by atoms with E-state index in [9.17, 15) is 13.6 Å². The van der Waals surface area contributed by atoms with E-state index in [0.29, 0.717) is 10.9 Å². The summed E-state index contributed by atoms with van der Waals surface area (Å²) in [7, 11) is 0. The summed E-state index contributed by atoms with van der Waals surface area (Å²) in [4.78, 5) is 15.6. The number of para-hydroxylation sites is 1. The topological polar surface area (TPSA) is 39.2 Å². The molecular formula is C13H11F2NO2. The van der Waals surface area contributed by atoms with Crippen LogP contribution < -0.4 is 0 Å². The number of ether oxygens (including phenoxy) is 1. The van der Waals surface area contributed by atoms with Crippen molar-refractivity contribution < 1.29 is 18.3 Å². The van der Waals surface area contributed by atoms with Crippen molar-refractivity contribution in [2.45, 2.75) is 13.3 Å². The van der Waals surface area contributed by atoms with Gasteiger partial charge in [0.25, 0.3) is 6.43 Å². The maximum Gasteiger partial charge on any atom is 0.356 e. The van der Waals surface area contributed by atoms with Crippen molar-refractivity contribution in [3.63, 3.8) is 0 Å². The van der Waals surface area contributed by atoms with Crippen molar-refractivity contribution in [1.29, 1.82) is 0 Å². The van der Waals surface area contributed by atoms with Gasteiger partial charge in [-0.15, -0.1) is 0 Å². The van der Waals surface area contributed by atoms with Gasteiger partial charge in [-0.25, -0.2) is 18.6 Å². The first-order valence-corrected chi connectivity index (χ1v) is 5.48. The van der Waals surface area contributed by atoms with Gasteiger partial charge in [-0.2, -0.15) is 0 Å². The zero-order valence-electron chi connectivity index (χ0n) is 9.69. The van der Waals surface area contributed by atoms with E-state index >= 15 is 0 Å². The van der Waals surface area contributed by atoms with Gasteiger partial charge < -0.3 is 4.74 Å². The van der Waals surface area contributed by atoms with E-state index in [1.807, 2.05) is 0 Å². The summed E-state index contributed by atoms with van der Waals surface area (Å²) >= 11 is 0. The Balaban J connectivity index is 2.61. The van der Waals surface area contributed by atoms with Crippen molar-refractivity contribution in [2.24, 2.45) is 0 Å². The van der Waals surface area contributed by atoms with E-state index in [4.69, 9.17) is 4.74 Å². The zero-order chi connectivity index (χ0) is 13.1. The predicted octanol–water partition coefficient (Wildman–Crippen LogP) is 3.35. The van der Waals surface area contributed by atoms with Crippen LogP contribution in [0.4, 0.5) is 8.78 Å². The van der Waals surface area contributed by atoms with E-state index in [2.05, 4.69) is 4.98 Å². The van der Waals surface area contributed by atoms with Crippen LogP contribution in [-0.2, 0) is 4.74 Å². The fraction of sp³-hybridized carbons (Fsp3) is 0.231. The third-order valence-electron chi connectivity index (χ3n) is 2.47. The highest BCUT2D eigenvalue weighted by molar-refractivity contribution is 5.92. The van der Waals surface area contributed by atoms with Crippen LogP contribution in [-0.4, -0.2) is 17.6 Å². The Kier molecular flexibility index (Phi) is 3.50. The SMILES string of the molecule is CCOC(=O)c1cc(C(F)F)c2ccccc2n1. The molecule has 1 aromatic carbocycles. The van der Waals surface area contributed by atoms with Crippen molar-refractivity contribution >= 4 is 16.9 Å². The number of rotatable bonds is 3. The molecule has 0 saturated carbocycles. The van der Waals surface area contributed by atoms with Crippen LogP contribution >= 0.6 is 0 Å². The molecule has 1 heterocycles. The Bertz CT molecular complexity index is 584. The van der Waals surface area contributed by atoms with Gasteiger partial charge in [0.15, 0.2) is 0 Å². The maximum atomic E-state index is 12.9. The number of carbonyl (C=O) groups excluding carboxylic acids is 1. The number of carbonyl (C=O) groups is 1. The molecule has 2 aromatic rings. The zero-order valence-corrected chi connectivity index (χ0v) is 9.69. The molecule has 94 valence electrons. The van der Waals surface area contributed by atoms with Gasteiger partial charge in [0.05, 0.1) is 12.1 Å². The van der Waals surface area contributed by atoms with Crippen LogP contribution in [0.2, 0.25) is 0 Å². The van der Waals surface area contributed by atoms with Crippen molar-refractivity contribution in [1.82, 2.24) is 4.98 Å². The van der Waals surface area contributed by atoms with Gasteiger partial charge in [0.2, 0.25) is 0 Å². The molecule has 0 aliphatic carbocycles. The molecule has 0 spiro atoms. The number of alkyl halides is 2. The highest BCUT2D eigenvalue weighted by atomic mass is 19.3. The Labute approximate surface area is 102 Å². The molecule has 2 rings (SSSR count). The summed E-state index contributed by atoms with van der Waals surface area (Å²) in [5.41, 5.74) is 0.0628. The molecule has 0 radical (unpaired) electrons. The number of pyridine rings is 1. The second kappa shape index (κ2) is 5.08. The number of fused-ring (bicyclic) bond motifs is 1. The maximum absolute atomic E-state index is 12.9. The molecule has 0 aliphatic rings. The lowest BCUT2D eigenvalue weighted by Crippen LogP contribution is -2.08. The molecule has 0 aliphatic heterocycles. The van der Waals surface area contributed by atoms with Crippen molar-refractivity contribution in [2.75, 3.05) is 6.61 Å². The summed E-state index contributed by atoms with van der Waals surface area (Å²) in [5, 5.41) is 0.348. The Morgan fingerprint density at radius 3 is 2.78 bits per heavy atom. The second-order valence-electron chi connectivity index (χ2n) is 3.64. The number of esters is 1. The van der Waals surface area contributed by atoms with E-state index in [1.165, 1.54) is 0 Å². The molecule has 0 fully saturated rings. The summed E-state index contributed by atoms with van der Waals surface area (Å²) in [5.74, 6) is -0.690. The van der Waals surface area contributed by atoms with Crippen LogP contribution in [0.15, 0.2) is 30.3 Å². The normalized spacial score (nSPS) is 10.9. The Morgan fingerprint density at radius 2 is 2.11 bits per heavy atom. The minimum absolute atomic E-state index is 0.0918. The molecule has 0 atom stereocenters. The van der Waals surface area contributed by atoms with Crippen molar-refractivity contribution in [3.8, 4) is 0 Å². The van der Waals surface area contributed by atoms with E-state index < -0.39 is 12.4 Å². The first-order chi connectivity index (χ1) is 8.63. The lowest BCUT2D eigenvalue weighted by molar-refractivity contribution is 0.0519. The van der Waals surface area contributed by atoms with Crippen LogP contribution in [0.1, 0.15) is 29.4 Å². The number of halogens is 2. The summed E-state index contributed by atoms with van der Waals surface area (Å²) in [6.45, 7) is 1.82. The first kappa shape index (κ1) is 12.4. The smallest absolute Gasteiger partial charge is 0.356 e. The Hall–Kier alpha value is -2.04. The van der Waals surface area contributed by atoms with Gasteiger partial charge in [-0.3, -0.25) is 0 Å². The number of benzene rings is 1. The fourth-order valence-corrected chi connectivity index (χ4v) is 1.69. The van der Waals surface area contributed by atoms with Crippen molar-refractivity contribution in [3.05, 3.63) is 41.6 Å². The average molecular weight is 251 g/mol. The van der Waals surface area contributed by atoms with Gasteiger partial charge in [0.1, 0.15) is 5.69 Å². The number of aromatic nitrogens is 1. The number of nitrogens with zero attached hydrogens (tertiary/aromatic N) is 1. The largest absolute Gasteiger partial charge is 0.461 e. The molecule has 3 nitrogen and oxygen atoms in total. The molecule has 0 bridgehead atoms. The molecular weight excluding hydrogens is 240 g/mol. The highest BCUT2D eigenvalue weighted by Gasteiger charge is 2.17. The van der Waals surface area contributed by atoms with Crippen LogP contribution in [0, 0.1) is 0 Å². The molecule has 18 heavy (non-hydrogen) atoms. The average Bonchev–Trinajstić information content (AvgIpc) is 2.37. The summed E-state index contributed by atoms with van der Waals surface area (Å²) in [6.07, 6.45) is -2.66. The van der Waals surface area contributed by atoms with Gasteiger partial charge >= 0.3 is 5.97 Å². The first-order valence-electron chi connectivity index (χ1n) is 5.48. The van der Waals surface area contributed by atoms with Gasteiger partial charge in [-0.05, 0) is 19.1 Å². The van der Waals surface area contributed by atoms with Crippen LogP contribution in [0.5, 0.6) is 0 Å². The summed E-state index contributed by atoms with van der Waals surface area (Å²) < 4.78 is 30.7. The second-order valence-corrected chi connectivity index (χ2v) is 3.64.